The van der Waals surface area contributed by atoms with Crippen molar-refractivity contribution in [1.82, 2.24) is 0 Å². The minimum absolute atomic E-state index is 0.102. The molecule has 0 aromatic heterocycles. The number of benzene rings is 2. The molecular weight excluding hydrogens is 448 g/mol. The minimum Gasteiger partial charge on any atom is -0.399 e. The summed E-state index contributed by atoms with van der Waals surface area (Å²) in [6, 6.07) is 17.4. The predicted molar refractivity (Wildman–Crippen MR) is 162 cm³/mol. The second kappa shape index (κ2) is 14.3. The van der Waals surface area contributed by atoms with Gasteiger partial charge in [-0.15, -0.1) is 0 Å². The molecule has 4 N–H and O–H groups in total. The molecule has 2 aromatic carbocycles. The number of nitrogens with two attached hydrogens (primary N) is 2. The Morgan fingerprint density at radius 1 is 0.568 bits per heavy atom. The van der Waals surface area contributed by atoms with E-state index in [0.29, 0.717) is 0 Å². The van der Waals surface area contributed by atoms with Gasteiger partial charge in [0.15, 0.2) is 0 Å². The highest BCUT2D eigenvalue weighted by atomic mass is 14.6. The molecule has 2 saturated carbocycles. The van der Waals surface area contributed by atoms with Crippen LogP contribution in [-0.4, -0.2) is 0 Å². The van der Waals surface area contributed by atoms with Gasteiger partial charge in [-0.05, 0) is 91.7 Å². The van der Waals surface area contributed by atoms with Crippen LogP contribution < -0.4 is 11.5 Å². The van der Waals surface area contributed by atoms with Gasteiger partial charge in [0.1, 0.15) is 0 Å². The molecule has 37 heavy (non-hydrogen) atoms. The molecule has 0 amide bonds. The molecular formula is C35H54N2. The number of unbranched alkanes of at least 4 members (excludes halogenated alkanes) is 8. The van der Waals surface area contributed by atoms with E-state index in [1.54, 1.807) is 0 Å². The third-order valence-electron chi connectivity index (χ3n) is 10.1. The molecule has 2 aromatic rings. The first-order chi connectivity index (χ1) is 18.1. The lowest BCUT2D eigenvalue weighted by Crippen LogP contribution is -2.36. The molecule has 0 radical (unpaired) electrons. The van der Waals surface area contributed by atoms with Crippen molar-refractivity contribution in [1.29, 1.82) is 0 Å². The number of anilines is 2. The van der Waals surface area contributed by atoms with Crippen molar-refractivity contribution >= 4 is 11.4 Å². The fourth-order valence-corrected chi connectivity index (χ4v) is 7.64. The van der Waals surface area contributed by atoms with Crippen LogP contribution in [0.1, 0.15) is 134 Å². The minimum atomic E-state index is 0.102. The Hall–Kier alpha value is -1.96. The van der Waals surface area contributed by atoms with Crippen LogP contribution >= 0.6 is 0 Å². The summed E-state index contributed by atoms with van der Waals surface area (Å²) in [4.78, 5) is 0. The van der Waals surface area contributed by atoms with Crippen LogP contribution in [0.3, 0.4) is 0 Å². The number of hydrogen-bond acceptors (Lipinski definition) is 2. The fourth-order valence-electron chi connectivity index (χ4n) is 7.64. The van der Waals surface area contributed by atoms with E-state index in [1.807, 2.05) is 0 Å². The van der Waals surface area contributed by atoms with Crippen LogP contribution in [-0.2, 0) is 5.41 Å². The summed E-state index contributed by atoms with van der Waals surface area (Å²) in [6.07, 6.45) is 25.6. The summed E-state index contributed by atoms with van der Waals surface area (Å²) in [5.41, 5.74) is 16.7. The van der Waals surface area contributed by atoms with Gasteiger partial charge in [-0.25, -0.2) is 0 Å². The van der Waals surface area contributed by atoms with E-state index in [2.05, 4.69) is 55.5 Å². The molecule has 2 fully saturated rings. The van der Waals surface area contributed by atoms with Crippen molar-refractivity contribution in [2.24, 2.45) is 17.8 Å². The van der Waals surface area contributed by atoms with Gasteiger partial charge in [-0.3, -0.25) is 0 Å². The second-order valence-electron chi connectivity index (χ2n) is 12.6. The van der Waals surface area contributed by atoms with Crippen molar-refractivity contribution in [3.63, 3.8) is 0 Å². The average Bonchev–Trinajstić information content (AvgIpc) is 2.93. The molecule has 0 bridgehead atoms. The molecule has 0 heterocycles. The first-order valence-corrected chi connectivity index (χ1v) is 15.8. The van der Waals surface area contributed by atoms with Crippen molar-refractivity contribution < 1.29 is 0 Å². The normalized spacial score (nSPS) is 22.2. The van der Waals surface area contributed by atoms with E-state index >= 15 is 0 Å². The third kappa shape index (κ3) is 7.78. The van der Waals surface area contributed by atoms with Crippen molar-refractivity contribution in [2.75, 3.05) is 11.5 Å². The SMILES string of the molecule is CCCCCCCCCCC[C@H]1CC[C@H](C2CCC(c3ccc(N)cc3)(c3ccc(N)cc3)CC2)CC1. The molecule has 0 atom stereocenters. The maximum absolute atomic E-state index is 6.04. The number of rotatable bonds is 13. The lowest BCUT2D eigenvalue weighted by atomic mass is 9.60. The smallest absolute Gasteiger partial charge is 0.0314 e. The molecule has 2 aliphatic carbocycles. The van der Waals surface area contributed by atoms with Gasteiger partial charge in [-0.1, -0.05) is 108 Å². The Balaban J connectivity index is 1.22. The van der Waals surface area contributed by atoms with E-state index in [0.717, 1.165) is 29.1 Å². The van der Waals surface area contributed by atoms with Crippen molar-refractivity contribution in [2.45, 2.75) is 128 Å². The average molecular weight is 503 g/mol. The van der Waals surface area contributed by atoms with Crippen molar-refractivity contribution in [3.8, 4) is 0 Å². The quantitative estimate of drug-likeness (QED) is 0.211. The molecule has 0 unspecified atom stereocenters. The van der Waals surface area contributed by atoms with Gasteiger partial charge < -0.3 is 11.5 Å². The lowest BCUT2D eigenvalue weighted by Gasteiger charge is -2.44. The highest BCUT2D eigenvalue weighted by molar-refractivity contribution is 5.49. The van der Waals surface area contributed by atoms with Crippen LogP contribution in [0.2, 0.25) is 0 Å². The summed E-state index contributed by atoms with van der Waals surface area (Å²) in [5, 5.41) is 0. The first-order valence-electron chi connectivity index (χ1n) is 15.8. The van der Waals surface area contributed by atoms with E-state index < -0.39 is 0 Å². The zero-order valence-electron chi connectivity index (χ0n) is 23.7. The Morgan fingerprint density at radius 3 is 1.49 bits per heavy atom. The van der Waals surface area contributed by atoms with Gasteiger partial charge in [0.05, 0.1) is 0 Å². The van der Waals surface area contributed by atoms with Crippen LogP contribution in [0.15, 0.2) is 48.5 Å². The molecule has 204 valence electrons. The number of nitrogen functional groups attached to an aromatic ring is 2. The van der Waals surface area contributed by atoms with E-state index in [4.69, 9.17) is 11.5 Å². The van der Waals surface area contributed by atoms with Gasteiger partial charge in [0, 0.05) is 16.8 Å². The number of hydrogen-bond donors (Lipinski definition) is 2. The Kier molecular flexibility index (Phi) is 10.8. The summed E-state index contributed by atoms with van der Waals surface area (Å²) in [5.74, 6) is 2.87. The van der Waals surface area contributed by atoms with Crippen molar-refractivity contribution in [3.05, 3.63) is 59.7 Å². The van der Waals surface area contributed by atoms with E-state index in [-0.39, 0.29) is 5.41 Å². The second-order valence-corrected chi connectivity index (χ2v) is 12.6. The molecule has 0 aliphatic heterocycles. The van der Waals surface area contributed by atoms with Crippen LogP contribution in [0.5, 0.6) is 0 Å². The molecule has 0 spiro atoms. The third-order valence-corrected chi connectivity index (χ3v) is 10.1. The van der Waals surface area contributed by atoms with Crippen LogP contribution in [0.25, 0.3) is 0 Å². The van der Waals surface area contributed by atoms with Crippen LogP contribution in [0.4, 0.5) is 11.4 Å². The molecule has 0 saturated heterocycles. The standard InChI is InChI=1S/C35H54N2/c1-2-3-4-5-6-7-8-9-10-11-28-12-14-29(15-13-28)30-24-26-35(27-25-30,31-16-20-33(36)21-17-31)32-18-22-34(37)23-19-32/h16-23,28-30H,2-15,24-27,36-37H2,1H3/t28-,29-. The maximum Gasteiger partial charge on any atom is 0.0314 e. The summed E-state index contributed by atoms with van der Waals surface area (Å²) < 4.78 is 0. The van der Waals surface area contributed by atoms with Gasteiger partial charge in [-0.2, -0.15) is 0 Å². The monoisotopic (exact) mass is 502 g/mol. The van der Waals surface area contributed by atoms with Gasteiger partial charge in [0.25, 0.3) is 0 Å². The zero-order chi connectivity index (χ0) is 25.9. The predicted octanol–water partition coefficient (Wildman–Crippen LogP) is 10.1. The summed E-state index contributed by atoms with van der Waals surface area (Å²) in [7, 11) is 0. The topological polar surface area (TPSA) is 52.0 Å². The Bertz CT molecular complexity index is 836. The largest absolute Gasteiger partial charge is 0.399 e. The fraction of sp³-hybridized carbons (Fsp3) is 0.657. The Labute approximate surface area is 228 Å². The van der Waals surface area contributed by atoms with Gasteiger partial charge in [0.2, 0.25) is 0 Å². The van der Waals surface area contributed by atoms with E-state index in [9.17, 15) is 0 Å². The van der Waals surface area contributed by atoms with Gasteiger partial charge >= 0.3 is 0 Å². The highest BCUT2D eigenvalue weighted by Crippen LogP contribution is 2.50. The summed E-state index contributed by atoms with van der Waals surface area (Å²) >= 11 is 0. The lowest BCUT2D eigenvalue weighted by molar-refractivity contribution is 0.140. The molecule has 2 nitrogen and oxygen atoms in total. The van der Waals surface area contributed by atoms with Crippen LogP contribution in [0, 0.1) is 17.8 Å². The van der Waals surface area contributed by atoms with E-state index in [1.165, 1.54) is 127 Å². The first kappa shape index (κ1) is 28.1. The zero-order valence-corrected chi connectivity index (χ0v) is 23.7. The summed E-state index contributed by atoms with van der Waals surface area (Å²) in [6.45, 7) is 2.30. The molecule has 2 aliphatic rings. The molecule has 4 rings (SSSR count). The molecule has 2 heteroatoms. The Morgan fingerprint density at radius 2 is 1.00 bits per heavy atom. The maximum atomic E-state index is 6.04. The highest BCUT2D eigenvalue weighted by Gasteiger charge is 2.40.